The van der Waals surface area contributed by atoms with E-state index in [9.17, 15) is 4.79 Å². The van der Waals surface area contributed by atoms with E-state index in [0.717, 1.165) is 22.4 Å². The summed E-state index contributed by atoms with van der Waals surface area (Å²) in [4.78, 5) is 18.7. The number of aryl methyl sites for hydroxylation is 2. The Balaban J connectivity index is 2.12. The van der Waals surface area contributed by atoms with E-state index in [-0.39, 0.29) is 11.9 Å². The largest absolute Gasteiger partial charge is 0.350 e. The van der Waals surface area contributed by atoms with Crippen molar-refractivity contribution in [2.24, 2.45) is 0 Å². The highest BCUT2D eigenvalue weighted by Crippen LogP contribution is 2.22. The predicted molar refractivity (Wildman–Crippen MR) is 88.4 cm³/mol. The van der Waals surface area contributed by atoms with Crippen molar-refractivity contribution in [3.8, 4) is 0 Å². The number of carbonyl (C=O) groups excluding carboxylic acids is 1. The molecule has 2 aromatic rings. The smallest absolute Gasteiger partial charge is 0.242 e. The lowest BCUT2D eigenvalue weighted by Crippen LogP contribution is -2.37. The Labute approximate surface area is 132 Å². The Hall–Kier alpha value is -2.20. The molecule has 22 heavy (non-hydrogen) atoms. The highest BCUT2D eigenvalue weighted by Gasteiger charge is 2.23. The molecule has 0 fully saturated rings. The Morgan fingerprint density at radius 3 is 2.59 bits per heavy atom. The highest BCUT2D eigenvalue weighted by atomic mass is 16.2. The van der Waals surface area contributed by atoms with Gasteiger partial charge in [0.15, 0.2) is 0 Å². The van der Waals surface area contributed by atoms with Gasteiger partial charge in [-0.05, 0) is 56.8 Å². The van der Waals surface area contributed by atoms with Crippen molar-refractivity contribution in [3.05, 3.63) is 65.0 Å². The molecule has 4 heteroatoms. The molecule has 4 nitrogen and oxygen atoms in total. The van der Waals surface area contributed by atoms with E-state index in [2.05, 4.69) is 10.3 Å². The maximum atomic E-state index is 12.6. The molecule has 1 N–H and O–H groups in total. The molecule has 1 atom stereocenters. The number of benzene rings is 1. The van der Waals surface area contributed by atoms with Gasteiger partial charge in [-0.25, -0.2) is 0 Å². The van der Waals surface area contributed by atoms with Crippen LogP contribution in [0.25, 0.3) is 0 Å². The normalized spacial score (nSPS) is 12.2. The van der Waals surface area contributed by atoms with E-state index < -0.39 is 0 Å². The standard InChI is InChI=1S/C18H23N3O/c1-13-7-5-6-8-16(13)17(21(3)4)18(22)20-12-15-9-10-19-14(2)11-15/h5-11,17H,12H2,1-4H3,(H,20,22)/t17-/m0/s1. The van der Waals surface area contributed by atoms with E-state index >= 15 is 0 Å². The number of carbonyl (C=O) groups is 1. The molecule has 0 aliphatic heterocycles. The highest BCUT2D eigenvalue weighted by molar-refractivity contribution is 5.83. The van der Waals surface area contributed by atoms with E-state index in [1.807, 2.05) is 69.2 Å². The number of pyridine rings is 1. The van der Waals surface area contributed by atoms with Crippen molar-refractivity contribution < 1.29 is 4.79 Å². The monoisotopic (exact) mass is 297 g/mol. The lowest BCUT2D eigenvalue weighted by molar-refractivity contribution is -0.126. The van der Waals surface area contributed by atoms with Crippen molar-refractivity contribution in [1.82, 2.24) is 15.2 Å². The third kappa shape index (κ3) is 3.92. The van der Waals surface area contributed by atoms with Gasteiger partial charge in [-0.1, -0.05) is 24.3 Å². The van der Waals surface area contributed by atoms with Crippen molar-refractivity contribution in [3.63, 3.8) is 0 Å². The van der Waals surface area contributed by atoms with Crippen LogP contribution in [0.15, 0.2) is 42.6 Å². The Morgan fingerprint density at radius 1 is 1.23 bits per heavy atom. The molecular weight excluding hydrogens is 274 g/mol. The minimum absolute atomic E-state index is 0.00812. The lowest BCUT2D eigenvalue weighted by Gasteiger charge is -2.25. The van der Waals surface area contributed by atoms with Gasteiger partial charge in [0, 0.05) is 18.4 Å². The molecular formula is C18H23N3O. The number of likely N-dealkylation sites (N-methyl/N-ethyl adjacent to an activating group) is 1. The summed E-state index contributed by atoms with van der Waals surface area (Å²) >= 11 is 0. The van der Waals surface area contributed by atoms with Crippen LogP contribution < -0.4 is 5.32 Å². The molecule has 0 bridgehead atoms. The Morgan fingerprint density at radius 2 is 1.95 bits per heavy atom. The SMILES string of the molecule is Cc1cc(CNC(=O)[C@H](c2ccccc2C)N(C)C)ccn1. The van der Waals surface area contributed by atoms with E-state index in [1.54, 1.807) is 6.20 Å². The molecule has 1 aromatic carbocycles. The Kier molecular flexibility index (Phi) is 5.28. The van der Waals surface area contributed by atoms with Crippen LogP contribution >= 0.6 is 0 Å². The summed E-state index contributed by atoms with van der Waals surface area (Å²) in [7, 11) is 3.85. The lowest BCUT2D eigenvalue weighted by atomic mass is 10.00. The fourth-order valence-electron chi connectivity index (χ4n) is 2.55. The van der Waals surface area contributed by atoms with Gasteiger partial charge in [-0.2, -0.15) is 0 Å². The van der Waals surface area contributed by atoms with Gasteiger partial charge in [0.1, 0.15) is 6.04 Å². The van der Waals surface area contributed by atoms with Crippen molar-refractivity contribution in [1.29, 1.82) is 0 Å². The second kappa shape index (κ2) is 7.18. The summed E-state index contributed by atoms with van der Waals surface area (Å²) in [6, 6.07) is 11.6. The molecule has 2 rings (SSSR count). The zero-order chi connectivity index (χ0) is 16.1. The van der Waals surface area contributed by atoms with Gasteiger partial charge in [0.2, 0.25) is 5.91 Å². The quantitative estimate of drug-likeness (QED) is 0.922. The second-order valence-corrected chi connectivity index (χ2v) is 5.75. The van der Waals surface area contributed by atoms with Gasteiger partial charge in [-0.15, -0.1) is 0 Å². The average molecular weight is 297 g/mol. The third-order valence-corrected chi connectivity index (χ3v) is 3.68. The summed E-state index contributed by atoms with van der Waals surface area (Å²) in [5.74, 6) is 0.00812. The number of aromatic nitrogens is 1. The third-order valence-electron chi connectivity index (χ3n) is 3.68. The van der Waals surface area contributed by atoms with Crippen molar-refractivity contribution in [2.75, 3.05) is 14.1 Å². The zero-order valence-electron chi connectivity index (χ0n) is 13.6. The topological polar surface area (TPSA) is 45.2 Å². The average Bonchev–Trinajstić information content (AvgIpc) is 2.47. The number of rotatable bonds is 5. The molecule has 0 saturated heterocycles. The van der Waals surface area contributed by atoms with Gasteiger partial charge in [0.05, 0.1) is 0 Å². The van der Waals surface area contributed by atoms with Crippen molar-refractivity contribution in [2.45, 2.75) is 26.4 Å². The van der Waals surface area contributed by atoms with Crippen LogP contribution in [0.3, 0.4) is 0 Å². The molecule has 0 aliphatic rings. The first-order chi connectivity index (χ1) is 10.5. The van der Waals surface area contributed by atoms with Crippen LogP contribution in [0.4, 0.5) is 0 Å². The number of hydrogen-bond donors (Lipinski definition) is 1. The van der Waals surface area contributed by atoms with Crippen LogP contribution in [0.1, 0.15) is 28.4 Å². The van der Waals surface area contributed by atoms with Gasteiger partial charge >= 0.3 is 0 Å². The predicted octanol–water partition coefficient (Wildman–Crippen LogP) is 2.62. The van der Waals surface area contributed by atoms with Crippen LogP contribution in [0.5, 0.6) is 0 Å². The molecule has 116 valence electrons. The molecule has 0 saturated carbocycles. The molecule has 0 aliphatic carbocycles. The molecule has 1 heterocycles. The first-order valence-electron chi connectivity index (χ1n) is 7.40. The molecule has 0 spiro atoms. The van der Waals surface area contributed by atoms with Gasteiger partial charge in [-0.3, -0.25) is 14.7 Å². The number of nitrogens with zero attached hydrogens (tertiary/aromatic N) is 2. The van der Waals surface area contributed by atoms with Crippen LogP contribution in [0, 0.1) is 13.8 Å². The van der Waals surface area contributed by atoms with Crippen LogP contribution in [-0.2, 0) is 11.3 Å². The maximum absolute atomic E-state index is 12.6. The fourth-order valence-corrected chi connectivity index (χ4v) is 2.55. The van der Waals surface area contributed by atoms with Crippen molar-refractivity contribution >= 4 is 5.91 Å². The second-order valence-electron chi connectivity index (χ2n) is 5.75. The summed E-state index contributed by atoms with van der Waals surface area (Å²) in [6.45, 7) is 4.49. The van der Waals surface area contributed by atoms with E-state index in [4.69, 9.17) is 0 Å². The first-order valence-corrected chi connectivity index (χ1v) is 7.40. The summed E-state index contributed by atoms with van der Waals surface area (Å²) < 4.78 is 0. The number of amides is 1. The minimum atomic E-state index is -0.288. The summed E-state index contributed by atoms with van der Waals surface area (Å²) in [5, 5.41) is 3.02. The summed E-state index contributed by atoms with van der Waals surface area (Å²) in [5.41, 5.74) is 4.17. The molecule has 1 aromatic heterocycles. The Bertz CT molecular complexity index is 652. The van der Waals surface area contributed by atoms with Crippen LogP contribution in [0.2, 0.25) is 0 Å². The summed E-state index contributed by atoms with van der Waals surface area (Å²) in [6.07, 6.45) is 1.77. The number of hydrogen-bond acceptors (Lipinski definition) is 3. The number of nitrogens with one attached hydrogen (secondary N) is 1. The van der Waals surface area contributed by atoms with Gasteiger partial charge < -0.3 is 5.32 Å². The molecule has 1 amide bonds. The molecule has 0 unspecified atom stereocenters. The molecule has 0 radical (unpaired) electrons. The fraction of sp³-hybridized carbons (Fsp3) is 0.333. The van der Waals surface area contributed by atoms with E-state index in [1.165, 1.54) is 0 Å². The maximum Gasteiger partial charge on any atom is 0.242 e. The zero-order valence-corrected chi connectivity index (χ0v) is 13.6. The first kappa shape index (κ1) is 16.2. The van der Waals surface area contributed by atoms with E-state index in [0.29, 0.717) is 6.54 Å². The van der Waals surface area contributed by atoms with Crippen LogP contribution in [-0.4, -0.2) is 29.9 Å². The minimum Gasteiger partial charge on any atom is -0.350 e. The van der Waals surface area contributed by atoms with Gasteiger partial charge in [0.25, 0.3) is 0 Å².